The lowest BCUT2D eigenvalue weighted by molar-refractivity contribution is -0.147. The molecule has 0 aliphatic heterocycles. The van der Waals surface area contributed by atoms with Crippen LogP contribution in [0.5, 0.6) is 0 Å². The van der Waals surface area contributed by atoms with Crippen LogP contribution in [-0.2, 0) is 14.9 Å². The van der Waals surface area contributed by atoms with E-state index in [-0.39, 0.29) is 5.82 Å². The molecule has 0 saturated heterocycles. The number of hydrogen-bond donors (Lipinski definition) is 0. The Kier molecular flexibility index (Phi) is 5.04. The van der Waals surface area contributed by atoms with Gasteiger partial charge in [-0.15, -0.1) is 13.2 Å². The zero-order chi connectivity index (χ0) is 14.5. The fourth-order valence-corrected chi connectivity index (χ4v) is 2.39. The Hall–Kier alpha value is -1.90. The van der Waals surface area contributed by atoms with Crippen LogP contribution in [-0.4, -0.2) is 13.1 Å². The fourth-order valence-electron chi connectivity index (χ4n) is 2.39. The molecule has 0 aromatic heterocycles. The Balaban J connectivity index is 3.52. The van der Waals surface area contributed by atoms with E-state index in [9.17, 15) is 9.18 Å². The molecular formula is C16H19FO2. The molecule has 0 aliphatic carbocycles. The maximum Gasteiger partial charge on any atom is 0.316 e. The molecule has 102 valence electrons. The molecular weight excluding hydrogens is 243 g/mol. The van der Waals surface area contributed by atoms with Gasteiger partial charge in [-0.05, 0) is 37.0 Å². The number of ether oxygens (including phenoxy) is 1. The van der Waals surface area contributed by atoms with Crippen LogP contribution in [0.1, 0.15) is 24.0 Å². The first-order valence-electron chi connectivity index (χ1n) is 6.09. The molecule has 0 atom stereocenters. The van der Waals surface area contributed by atoms with Crippen LogP contribution in [0.4, 0.5) is 4.39 Å². The molecule has 3 heteroatoms. The van der Waals surface area contributed by atoms with Crippen molar-refractivity contribution < 1.29 is 13.9 Å². The molecule has 0 fully saturated rings. The first-order chi connectivity index (χ1) is 9.03. The van der Waals surface area contributed by atoms with E-state index in [4.69, 9.17) is 4.74 Å². The number of esters is 1. The molecule has 1 aromatic carbocycles. The van der Waals surface area contributed by atoms with E-state index in [2.05, 4.69) is 13.2 Å². The first-order valence-corrected chi connectivity index (χ1v) is 6.09. The quantitative estimate of drug-likeness (QED) is 0.577. The zero-order valence-corrected chi connectivity index (χ0v) is 11.4. The van der Waals surface area contributed by atoms with Gasteiger partial charge >= 0.3 is 5.97 Å². The Morgan fingerprint density at radius 3 is 2.42 bits per heavy atom. The van der Waals surface area contributed by atoms with Gasteiger partial charge in [0.2, 0.25) is 0 Å². The Morgan fingerprint density at radius 2 is 1.95 bits per heavy atom. The van der Waals surface area contributed by atoms with Crippen molar-refractivity contribution in [2.45, 2.75) is 25.2 Å². The third kappa shape index (κ3) is 2.75. The number of allylic oxidation sites excluding steroid dienone is 2. The number of methoxy groups -OCH3 is 1. The number of benzene rings is 1. The van der Waals surface area contributed by atoms with Crippen molar-refractivity contribution in [3.63, 3.8) is 0 Å². The van der Waals surface area contributed by atoms with Crippen LogP contribution in [0.2, 0.25) is 0 Å². The van der Waals surface area contributed by atoms with Gasteiger partial charge < -0.3 is 4.74 Å². The zero-order valence-electron chi connectivity index (χ0n) is 11.4. The van der Waals surface area contributed by atoms with Crippen molar-refractivity contribution in [2.24, 2.45) is 0 Å². The van der Waals surface area contributed by atoms with Gasteiger partial charge in [-0.3, -0.25) is 4.79 Å². The highest BCUT2D eigenvalue weighted by molar-refractivity contribution is 5.84. The smallest absolute Gasteiger partial charge is 0.316 e. The van der Waals surface area contributed by atoms with Gasteiger partial charge in [0.1, 0.15) is 11.2 Å². The molecule has 19 heavy (non-hydrogen) atoms. The van der Waals surface area contributed by atoms with Gasteiger partial charge in [0.25, 0.3) is 0 Å². The van der Waals surface area contributed by atoms with Gasteiger partial charge in [0.05, 0.1) is 7.11 Å². The maximum atomic E-state index is 13.8. The van der Waals surface area contributed by atoms with Crippen molar-refractivity contribution in [3.05, 3.63) is 60.5 Å². The molecule has 0 N–H and O–H groups in total. The summed E-state index contributed by atoms with van der Waals surface area (Å²) in [5.74, 6) is -0.736. The third-order valence-electron chi connectivity index (χ3n) is 3.34. The minimum absolute atomic E-state index is 0.334. The standard InChI is InChI=1S/C16H19FO2/c1-5-10-16(11-6-2,15(18)19-4)13-8-7-9-14(17)12(13)3/h5-9H,1-2,10-11H2,3-4H3. The van der Waals surface area contributed by atoms with Gasteiger partial charge in [0.15, 0.2) is 0 Å². The molecule has 0 heterocycles. The summed E-state index contributed by atoms with van der Waals surface area (Å²) in [5.41, 5.74) is 0.125. The minimum Gasteiger partial charge on any atom is -0.468 e. The predicted molar refractivity (Wildman–Crippen MR) is 74.5 cm³/mol. The van der Waals surface area contributed by atoms with Crippen molar-refractivity contribution in [2.75, 3.05) is 7.11 Å². The average molecular weight is 262 g/mol. The van der Waals surface area contributed by atoms with Crippen LogP contribution in [0.25, 0.3) is 0 Å². The molecule has 2 nitrogen and oxygen atoms in total. The van der Waals surface area contributed by atoms with E-state index >= 15 is 0 Å². The molecule has 0 unspecified atom stereocenters. The summed E-state index contributed by atoms with van der Waals surface area (Å²) in [5, 5.41) is 0. The summed E-state index contributed by atoms with van der Waals surface area (Å²) < 4.78 is 18.7. The van der Waals surface area contributed by atoms with Crippen molar-refractivity contribution in [1.29, 1.82) is 0 Å². The average Bonchev–Trinajstić information content (AvgIpc) is 2.40. The van der Waals surface area contributed by atoms with Gasteiger partial charge in [-0.25, -0.2) is 4.39 Å². The van der Waals surface area contributed by atoms with Crippen molar-refractivity contribution in [1.82, 2.24) is 0 Å². The lowest BCUT2D eigenvalue weighted by atomic mass is 9.73. The Morgan fingerprint density at radius 1 is 1.37 bits per heavy atom. The van der Waals surface area contributed by atoms with Gasteiger partial charge in [-0.1, -0.05) is 24.3 Å². The molecule has 0 saturated carbocycles. The second kappa shape index (κ2) is 6.32. The molecule has 0 radical (unpaired) electrons. The molecule has 0 bridgehead atoms. The SMILES string of the molecule is C=CCC(CC=C)(C(=O)OC)c1cccc(F)c1C. The number of halogens is 1. The summed E-state index contributed by atoms with van der Waals surface area (Å²) in [4.78, 5) is 12.2. The monoisotopic (exact) mass is 262 g/mol. The largest absolute Gasteiger partial charge is 0.468 e. The van der Waals surface area contributed by atoms with E-state index in [0.717, 1.165) is 0 Å². The fraction of sp³-hybridized carbons (Fsp3) is 0.312. The summed E-state index contributed by atoms with van der Waals surface area (Å²) in [6.45, 7) is 9.03. The van der Waals surface area contributed by atoms with E-state index in [0.29, 0.717) is 24.0 Å². The molecule has 1 rings (SSSR count). The topological polar surface area (TPSA) is 26.3 Å². The van der Waals surface area contributed by atoms with Crippen LogP contribution in [0, 0.1) is 12.7 Å². The van der Waals surface area contributed by atoms with Crippen molar-refractivity contribution >= 4 is 5.97 Å². The first kappa shape index (κ1) is 15.2. The van der Waals surface area contributed by atoms with Gasteiger partial charge in [-0.2, -0.15) is 0 Å². The number of rotatable bonds is 6. The highest BCUT2D eigenvalue weighted by Crippen LogP contribution is 2.36. The second-order valence-electron chi connectivity index (χ2n) is 4.47. The third-order valence-corrected chi connectivity index (χ3v) is 3.34. The highest BCUT2D eigenvalue weighted by Gasteiger charge is 2.40. The van der Waals surface area contributed by atoms with E-state index in [1.54, 1.807) is 31.2 Å². The number of hydrogen-bond acceptors (Lipinski definition) is 2. The summed E-state index contributed by atoms with van der Waals surface area (Å²) in [6.07, 6.45) is 4.03. The second-order valence-corrected chi connectivity index (χ2v) is 4.47. The van der Waals surface area contributed by atoms with Crippen LogP contribution in [0.3, 0.4) is 0 Å². The molecule has 0 amide bonds. The van der Waals surface area contributed by atoms with Crippen LogP contribution in [0.15, 0.2) is 43.5 Å². The highest BCUT2D eigenvalue weighted by atomic mass is 19.1. The lowest BCUT2D eigenvalue weighted by Gasteiger charge is -2.31. The van der Waals surface area contributed by atoms with E-state index in [1.165, 1.54) is 13.2 Å². The summed E-state index contributed by atoms with van der Waals surface area (Å²) >= 11 is 0. The minimum atomic E-state index is -0.954. The van der Waals surface area contributed by atoms with E-state index in [1.807, 2.05) is 0 Å². The Labute approximate surface area is 113 Å². The molecule has 0 spiro atoms. The van der Waals surface area contributed by atoms with E-state index < -0.39 is 11.4 Å². The van der Waals surface area contributed by atoms with Gasteiger partial charge in [0, 0.05) is 0 Å². The number of carbonyl (C=O) groups is 1. The lowest BCUT2D eigenvalue weighted by Crippen LogP contribution is -2.37. The summed E-state index contributed by atoms with van der Waals surface area (Å²) in [6, 6.07) is 4.73. The van der Waals surface area contributed by atoms with Crippen LogP contribution < -0.4 is 0 Å². The summed E-state index contributed by atoms with van der Waals surface area (Å²) in [7, 11) is 1.33. The maximum absolute atomic E-state index is 13.8. The van der Waals surface area contributed by atoms with Crippen LogP contribution >= 0.6 is 0 Å². The Bertz CT molecular complexity index is 482. The van der Waals surface area contributed by atoms with Crippen molar-refractivity contribution in [3.8, 4) is 0 Å². The predicted octanol–water partition coefficient (Wildman–Crippen LogP) is 3.70. The molecule has 0 aliphatic rings. The molecule has 1 aromatic rings. The number of carbonyl (C=O) groups excluding carboxylic acids is 1. The normalized spacial score (nSPS) is 10.9.